The number of benzene rings is 9. The molecule has 6 heteroatoms. The topological polar surface area (TPSA) is 30.7 Å². The number of aromatic nitrogens is 3. The number of aryl methyl sites for hydroxylation is 5. The zero-order valence-corrected chi connectivity index (χ0v) is 39.5. The number of nitrogens with zero attached hydrogens (tertiary/aromatic N) is 3. The average Bonchev–Trinajstić information content (AvgIpc) is 3.68. The normalized spacial score (nSPS) is 11.7. The van der Waals surface area contributed by atoms with Crippen molar-refractivity contribution >= 4 is 21.8 Å². The highest BCUT2D eigenvalue weighted by molar-refractivity contribution is 6.13. The molecule has 0 aliphatic carbocycles. The van der Waals surface area contributed by atoms with E-state index >= 15 is 0 Å². The van der Waals surface area contributed by atoms with Gasteiger partial charge in [0.1, 0.15) is 0 Å². The number of hydrogen-bond donors (Lipinski definition) is 0. The van der Waals surface area contributed by atoms with Crippen molar-refractivity contribution < 1.29 is 13.2 Å². The van der Waals surface area contributed by atoms with Crippen LogP contribution in [0.25, 0.3) is 106 Å². The summed E-state index contributed by atoms with van der Waals surface area (Å²) in [5.41, 5.74) is 19.6. The number of fused-ring (bicyclic) bond motifs is 3. The van der Waals surface area contributed by atoms with Crippen LogP contribution in [0.5, 0.6) is 0 Å². The molecule has 0 bridgehead atoms. The van der Waals surface area contributed by atoms with Crippen LogP contribution in [0.2, 0.25) is 0 Å². The van der Waals surface area contributed by atoms with Crippen LogP contribution in [-0.4, -0.2) is 14.5 Å². The molecule has 9 aromatic carbocycles. The van der Waals surface area contributed by atoms with E-state index in [0.29, 0.717) is 17.1 Å². The highest BCUT2D eigenvalue weighted by atomic mass is 19.4. The Balaban J connectivity index is 1.26. The second kappa shape index (κ2) is 17.6. The van der Waals surface area contributed by atoms with Gasteiger partial charge >= 0.3 is 6.18 Å². The Morgan fingerprint density at radius 2 is 0.771 bits per heavy atom. The summed E-state index contributed by atoms with van der Waals surface area (Å²) in [6.07, 6.45) is -4.51. The van der Waals surface area contributed by atoms with Gasteiger partial charge in [-0.15, -0.1) is 0 Å². The van der Waals surface area contributed by atoms with Crippen molar-refractivity contribution in [1.82, 2.24) is 14.5 Å². The minimum Gasteiger partial charge on any atom is -0.308 e. The molecule has 0 N–H and O–H groups in total. The molecule has 0 saturated heterocycles. The number of alkyl halides is 3. The molecule has 0 unspecified atom stereocenters. The van der Waals surface area contributed by atoms with Gasteiger partial charge in [-0.3, -0.25) is 0 Å². The second-order valence-corrected chi connectivity index (χ2v) is 18.6. The zero-order valence-electron chi connectivity index (χ0n) is 39.5. The van der Waals surface area contributed by atoms with Gasteiger partial charge in [0, 0.05) is 38.6 Å². The van der Waals surface area contributed by atoms with Crippen LogP contribution >= 0.6 is 0 Å². The number of rotatable bonds is 8. The van der Waals surface area contributed by atoms with Crippen LogP contribution < -0.4 is 0 Å². The summed E-state index contributed by atoms with van der Waals surface area (Å²) in [5, 5.41) is 2.12. The Bertz CT molecular complexity index is 3570. The van der Waals surface area contributed by atoms with Crippen molar-refractivity contribution in [2.24, 2.45) is 0 Å². The lowest BCUT2D eigenvalue weighted by molar-refractivity contribution is -0.137. The molecule has 11 rings (SSSR count). The van der Waals surface area contributed by atoms with Gasteiger partial charge in [0.2, 0.25) is 0 Å². The van der Waals surface area contributed by atoms with Crippen molar-refractivity contribution in [3.63, 3.8) is 0 Å². The summed E-state index contributed by atoms with van der Waals surface area (Å²) in [5.74, 6) is 0.565. The third-order valence-electron chi connectivity index (χ3n) is 13.2. The van der Waals surface area contributed by atoms with E-state index in [4.69, 9.17) is 9.97 Å². The fraction of sp³-hybridized carbons (Fsp3) is 0.0938. The molecule has 0 atom stereocenters. The number of halogens is 3. The maximum atomic E-state index is 14.3. The highest BCUT2D eigenvalue weighted by Crippen LogP contribution is 2.46. The van der Waals surface area contributed by atoms with Crippen LogP contribution in [0.4, 0.5) is 13.2 Å². The summed E-state index contributed by atoms with van der Waals surface area (Å²) in [7, 11) is 0. The molecule has 3 nitrogen and oxygen atoms in total. The molecule has 0 fully saturated rings. The molecular weight excluding hydrogens is 868 g/mol. The Labute approximate surface area is 406 Å². The SMILES string of the molecule is Cc1ccc(-c2cc(-c3cc(-c4ccccc4)nc(-c4ccccc4)n3)cc(-c3ccc(C(F)(F)F)cc3)c2-n2c3ccc(-c4cc(C)cc(C)c4)cc3c3cc(-c4cc(C)cc(C)c4)ccc32)cc1. The second-order valence-electron chi connectivity index (χ2n) is 18.6. The van der Waals surface area contributed by atoms with E-state index in [1.54, 1.807) is 12.1 Å². The summed E-state index contributed by atoms with van der Waals surface area (Å²) in [6.45, 7) is 10.6. The summed E-state index contributed by atoms with van der Waals surface area (Å²) in [6, 6.07) is 66.9. The average molecular weight is 916 g/mol. The van der Waals surface area contributed by atoms with Crippen LogP contribution in [0.1, 0.15) is 33.4 Å². The molecule has 0 spiro atoms. The minimum atomic E-state index is -4.51. The lowest BCUT2D eigenvalue weighted by atomic mass is 9.91. The maximum absolute atomic E-state index is 14.3. The van der Waals surface area contributed by atoms with Crippen molar-refractivity contribution in [2.75, 3.05) is 0 Å². The summed E-state index contributed by atoms with van der Waals surface area (Å²) < 4.78 is 45.3. The molecule has 0 radical (unpaired) electrons. The fourth-order valence-electron chi connectivity index (χ4n) is 10.0. The first-order chi connectivity index (χ1) is 33.8. The first kappa shape index (κ1) is 44.2. The lowest BCUT2D eigenvalue weighted by Crippen LogP contribution is -2.05. The van der Waals surface area contributed by atoms with Crippen LogP contribution in [-0.2, 0) is 6.18 Å². The van der Waals surface area contributed by atoms with Gasteiger partial charge in [-0.2, -0.15) is 13.2 Å². The van der Waals surface area contributed by atoms with Crippen molar-refractivity contribution in [1.29, 1.82) is 0 Å². The fourth-order valence-corrected chi connectivity index (χ4v) is 10.0. The minimum absolute atomic E-state index is 0.565. The first-order valence-electron chi connectivity index (χ1n) is 23.5. The van der Waals surface area contributed by atoms with E-state index in [2.05, 4.69) is 148 Å². The molecule has 0 aliphatic rings. The summed E-state index contributed by atoms with van der Waals surface area (Å²) in [4.78, 5) is 10.3. The van der Waals surface area contributed by atoms with Gasteiger partial charge in [-0.05, 0) is 123 Å². The van der Waals surface area contributed by atoms with Gasteiger partial charge in [0.15, 0.2) is 5.82 Å². The molecule has 70 heavy (non-hydrogen) atoms. The Hall–Kier alpha value is -8.35. The smallest absolute Gasteiger partial charge is 0.308 e. The Morgan fingerprint density at radius 1 is 0.343 bits per heavy atom. The van der Waals surface area contributed by atoms with E-state index in [-0.39, 0.29) is 0 Å². The molecule has 0 aliphatic heterocycles. The Morgan fingerprint density at radius 3 is 1.24 bits per heavy atom. The largest absolute Gasteiger partial charge is 0.416 e. The van der Waals surface area contributed by atoms with Crippen molar-refractivity contribution in [2.45, 2.75) is 40.8 Å². The van der Waals surface area contributed by atoms with Crippen molar-refractivity contribution in [3.8, 4) is 84.1 Å². The molecule has 0 amide bonds. The molecule has 11 aromatic rings. The molecule has 2 heterocycles. The predicted octanol–water partition coefficient (Wildman–Crippen LogP) is 17.8. The monoisotopic (exact) mass is 915 g/mol. The van der Waals surface area contributed by atoms with Gasteiger partial charge in [0.05, 0.1) is 33.7 Å². The van der Waals surface area contributed by atoms with Gasteiger partial charge < -0.3 is 4.57 Å². The third-order valence-corrected chi connectivity index (χ3v) is 13.2. The molecule has 340 valence electrons. The van der Waals surface area contributed by atoms with E-state index in [1.165, 1.54) is 34.4 Å². The zero-order chi connectivity index (χ0) is 48.3. The third kappa shape index (κ3) is 8.47. The molecule has 0 saturated carbocycles. The predicted molar refractivity (Wildman–Crippen MR) is 283 cm³/mol. The first-order valence-corrected chi connectivity index (χ1v) is 23.5. The highest BCUT2D eigenvalue weighted by Gasteiger charge is 2.31. The van der Waals surface area contributed by atoms with Crippen LogP contribution in [0.3, 0.4) is 0 Å². The quantitative estimate of drug-likeness (QED) is 0.152. The van der Waals surface area contributed by atoms with E-state index in [9.17, 15) is 13.2 Å². The van der Waals surface area contributed by atoms with Gasteiger partial charge in [0.25, 0.3) is 0 Å². The summed E-state index contributed by atoms with van der Waals surface area (Å²) >= 11 is 0. The van der Waals surface area contributed by atoms with E-state index < -0.39 is 11.7 Å². The van der Waals surface area contributed by atoms with Gasteiger partial charge in [-0.1, -0.05) is 173 Å². The molecule has 2 aromatic heterocycles. The molecular formula is C64H48F3N3. The number of hydrogen-bond acceptors (Lipinski definition) is 2. The standard InChI is InChI=1S/C64H48F3N3/c1-39-16-18-44(19-17-39)54-36-52(59-38-58(46-12-8-6-9-13-46)68-63(69-59)47-14-10-7-11-15-47)37-55(45-20-24-53(25-21-45)64(65,66)67)62(54)70-60-26-22-48(50-30-40(2)28-41(3)31-50)34-56(60)57-35-49(23-27-61(57)70)51-32-42(4)29-43(5)33-51/h6-38H,1-5H3. The van der Waals surface area contributed by atoms with E-state index in [1.807, 2.05) is 66.7 Å². The van der Waals surface area contributed by atoms with E-state index in [0.717, 1.165) is 94.4 Å². The van der Waals surface area contributed by atoms with Crippen molar-refractivity contribution in [3.05, 3.63) is 234 Å². The Kier molecular flexibility index (Phi) is 11.1. The van der Waals surface area contributed by atoms with Crippen LogP contribution in [0, 0.1) is 34.6 Å². The van der Waals surface area contributed by atoms with Gasteiger partial charge in [-0.25, -0.2) is 9.97 Å². The maximum Gasteiger partial charge on any atom is 0.416 e. The lowest BCUT2D eigenvalue weighted by Gasteiger charge is -2.22. The van der Waals surface area contributed by atoms with Crippen LogP contribution in [0.15, 0.2) is 200 Å².